The Balaban J connectivity index is 2.61. The first-order valence-electron chi connectivity index (χ1n) is 5.18. The van der Waals surface area contributed by atoms with Crippen molar-refractivity contribution in [2.75, 3.05) is 11.9 Å². The molecule has 1 aromatic rings. The van der Waals surface area contributed by atoms with E-state index in [1.807, 2.05) is 10.6 Å². The summed E-state index contributed by atoms with van der Waals surface area (Å²) in [5.74, 6) is -3.11. The lowest BCUT2D eigenvalue weighted by atomic mass is 10.1. The van der Waals surface area contributed by atoms with Gasteiger partial charge in [0.05, 0.1) is 12.2 Å². The van der Waals surface area contributed by atoms with Crippen molar-refractivity contribution in [3.8, 4) is 0 Å². The molecule has 6 nitrogen and oxygen atoms in total. The van der Waals surface area contributed by atoms with E-state index in [1.165, 1.54) is 0 Å². The zero-order chi connectivity index (χ0) is 14.6. The summed E-state index contributed by atoms with van der Waals surface area (Å²) in [4.78, 5) is 21.9. The summed E-state index contributed by atoms with van der Waals surface area (Å²) in [5, 5.41) is 21.9. The van der Waals surface area contributed by atoms with Crippen molar-refractivity contribution in [3.05, 3.63) is 29.8 Å². The average molecular weight is 274 g/mol. The topological polar surface area (TPSA) is 98.7 Å². The zero-order valence-corrected chi connectivity index (χ0v) is 9.91. The fourth-order valence-electron chi connectivity index (χ4n) is 1.09. The molecule has 1 unspecified atom stereocenters. The molecule has 0 heterocycles. The molecule has 0 radical (unpaired) electrons. The maximum atomic E-state index is 13.2. The molecule has 0 saturated heterocycles. The second-order valence-corrected chi connectivity index (χ2v) is 4.01. The largest absolute Gasteiger partial charge is 0.479 e. The molecule has 1 atom stereocenters. The van der Waals surface area contributed by atoms with Gasteiger partial charge in [-0.2, -0.15) is 0 Å². The van der Waals surface area contributed by atoms with Crippen molar-refractivity contribution in [1.82, 2.24) is 5.32 Å². The summed E-state index contributed by atoms with van der Waals surface area (Å²) in [6.45, 7) is 0.392. The Labute approximate surface area is 107 Å². The number of carbonyl (C=O) groups excluding carboxylic acids is 1. The third-order valence-corrected chi connectivity index (χ3v) is 2.23. The lowest BCUT2D eigenvalue weighted by Gasteiger charge is -2.18. The van der Waals surface area contributed by atoms with E-state index in [9.17, 15) is 23.5 Å². The second kappa shape index (κ2) is 5.61. The molecule has 0 aromatic heterocycles. The smallest absolute Gasteiger partial charge is 0.337 e. The highest BCUT2D eigenvalue weighted by Crippen LogP contribution is 2.14. The third-order valence-electron chi connectivity index (χ3n) is 2.23. The Morgan fingerprint density at radius 2 is 2.00 bits per heavy atom. The van der Waals surface area contributed by atoms with Crippen LogP contribution in [0, 0.1) is 11.6 Å². The van der Waals surface area contributed by atoms with Crippen LogP contribution in [0.25, 0.3) is 0 Å². The molecule has 0 bridgehead atoms. The molecule has 0 aliphatic carbocycles. The van der Waals surface area contributed by atoms with Gasteiger partial charge in [0.2, 0.25) is 0 Å². The van der Waals surface area contributed by atoms with Gasteiger partial charge in [0.25, 0.3) is 0 Å². The Morgan fingerprint density at radius 3 is 2.58 bits per heavy atom. The number of aliphatic carboxylic acids is 1. The molecule has 0 saturated carbocycles. The number of hydrogen-bond acceptors (Lipinski definition) is 3. The average Bonchev–Trinajstić information content (AvgIpc) is 2.31. The fraction of sp³-hybridized carbons (Fsp3) is 0.273. The first-order valence-corrected chi connectivity index (χ1v) is 5.18. The van der Waals surface area contributed by atoms with E-state index in [1.54, 1.807) is 0 Å². The Bertz CT molecular complexity index is 505. The van der Waals surface area contributed by atoms with Gasteiger partial charge in [-0.1, -0.05) is 0 Å². The number of aliphatic hydroxyl groups is 1. The molecule has 0 spiro atoms. The number of anilines is 1. The zero-order valence-electron chi connectivity index (χ0n) is 9.91. The molecule has 8 heteroatoms. The van der Waals surface area contributed by atoms with Crippen molar-refractivity contribution >= 4 is 17.7 Å². The van der Waals surface area contributed by atoms with E-state index in [0.29, 0.717) is 0 Å². The third kappa shape index (κ3) is 4.18. The van der Waals surface area contributed by atoms with Gasteiger partial charge in [-0.25, -0.2) is 18.4 Å². The van der Waals surface area contributed by atoms with Gasteiger partial charge < -0.3 is 20.8 Å². The molecule has 0 aliphatic heterocycles. The van der Waals surface area contributed by atoms with Gasteiger partial charge in [0, 0.05) is 6.07 Å². The first kappa shape index (κ1) is 14.8. The van der Waals surface area contributed by atoms with Gasteiger partial charge in [-0.15, -0.1) is 0 Å². The summed E-state index contributed by atoms with van der Waals surface area (Å²) in [6.07, 6.45) is 0. The molecule has 0 fully saturated rings. The van der Waals surface area contributed by atoms with E-state index in [0.717, 1.165) is 25.1 Å². The van der Waals surface area contributed by atoms with Gasteiger partial charge in [0.1, 0.15) is 11.6 Å². The van der Waals surface area contributed by atoms with Crippen molar-refractivity contribution in [2.24, 2.45) is 0 Å². The number of carboxylic acids is 1. The van der Waals surface area contributed by atoms with Crippen LogP contribution in [0.15, 0.2) is 18.2 Å². The van der Waals surface area contributed by atoms with E-state index < -0.39 is 41.5 Å². The van der Waals surface area contributed by atoms with E-state index >= 15 is 0 Å². The fourth-order valence-corrected chi connectivity index (χ4v) is 1.09. The molecular formula is C11H12F2N2O4. The minimum Gasteiger partial charge on any atom is -0.479 e. The summed E-state index contributed by atoms with van der Waals surface area (Å²) < 4.78 is 26.0. The minimum atomic E-state index is -2.15. The molecule has 2 amide bonds. The molecule has 1 aromatic carbocycles. The van der Waals surface area contributed by atoms with Crippen LogP contribution in [0.2, 0.25) is 0 Å². The van der Waals surface area contributed by atoms with Crippen molar-refractivity contribution in [3.63, 3.8) is 0 Å². The van der Waals surface area contributed by atoms with E-state index in [-0.39, 0.29) is 0 Å². The number of nitrogens with one attached hydrogen (secondary N) is 2. The highest BCUT2D eigenvalue weighted by atomic mass is 19.1. The SMILES string of the molecule is CC(O)(CNC(=O)Nc1cc(F)ccc1F)C(=O)O. The Kier molecular flexibility index (Phi) is 4.38. The van der Waals surface area contributed by atoms with Crippen LogP contribution < -0.4 is 10.6 Å². The maximum Gasteiger partial charge on any atom is 0.337 e. The molecule has 104 valence electrons. The van der Waals surface area contributed by atoms with Crippen molar-refractivity contribution in [2.45, 2.75) is 12.5 Å². The second-order valence-electron chi connectivity index (χ2n) is 4.01. The standard InChI is InChI=1S/C11H12F2N2O4/c1-11(19,9(16)17)5-14-10(18)15-8-4-6(12)2-3-7(8)13/h2-4,19H,5H2,1H3,(H,16,17)(H2,14,15,18). The normalized spacial score (nSPS) is 13.5. The van der Waals surface area contributed by atoms with Gasteiger partial charge in [-0.3, -0.25) is 0 Å². The number of amides is 2. The lowest BCUT2D eigenvalue weighted by molar-refractivity contribution is -0.155. The predicted octanol–water partition coefficient (Wildman–Crippen LogP) is 0.922. The van der Waals surface area contributed by atoms with Crippen LogP contribution in [-0.4, -0.2) is 34.4 Å². The minimum absolute atomic E-state index is 0.396. The van der Waals surface area contributed by atoms with Gasteiger partial charge >= 0.3 is 12.0 Å². The van der Waals surface area contributed by atoms with Crippen LogP contribution >= 0.6 is 0 Å². The molecule has 4 N–H and O–H groups in total. The summed E-state index contributed by atoms with van der Waals surface area (Å²) in [5.41, 5.74) is -2.55. The van der Waals surface area contributed by atoms with Gasteiger partial charge in [-0.05, 0) is 19.1 Å². The van der Waals surface area contributed by atoms with Crippen LogP contribution in [0.5, 0.6) is 0 Å². The number of urea groups is 1. The molecule has 19 heavy (non-hydrogen) atoms. The van der Waals surface area contributed by atoms with Crippen molar-refractivity contribution < 1.29 is 28.6 Å². The van der Waals surface area contributed by atoms with Crippen LogP contribution in [0.4, 0.5) is 19.3 Å². The maximum absolute atomic E-state index is 13.2. The predicted molar refractivity (Wildman–Crippen MR) is 61.6 cm³/mol. The summed E-state index contributed by atoms with van der Waals surface area (Å²) in [7, 11) is 0. The summed E-state index contributed by atoms with van der Waals surface area (Å²) in [6, 6.07) is 1.52. The number of carboxylic acid groups (broad SMARTS) is 1. The molecule has 0 aliphatic rings. The van der Waals surface area contributed by atoms with Crippen LogP contribution in [-0.2, 0) is 4.79 Å². The van der Waals surface area contributed by atoms with Crippen LogP contribution in [0.1, 0.15) is 6.92 Å². The highest BCUT2D eigenvalue weighted by Gasteiger charge is 2.30. The first-order chi connectivity index (χ1) is 8.72. The van der Waals surface area contributed by atoms with Crippen LogP contribution in [0.3, 0.4) is 0 Å². The Morgan fingerprint density at radius 1 is 1.37 bits per heavy atom. The summed E-state index contributed by atoms with van der Waals surface area (Å²) >= 11 is 0. The van der Waals surface area contributed by atoms with E-state index in [4.69, 9.17) is 5.11 Å². The highest BCUT2D eigenvalue weighted by molar-refractivity contribution is 5.90. The number of benzene rings is 1. The number of hydrogen-bond donors (Lipinski definition) is 4. The lowest BCUT2D eigenvalue weighted by Crippen LogP contribution is -2.47. The Hall–Kier alpha value is -2.22. The molecular weight excluding hydrogens is 262 g/mol. The molecule has 1 rings (SSSR count). The number of halogens is 2. The van der Waals surface area contributed by atoms with Crippen molar-refractivity contribution in [1.29, 1.82) is 0 Å². The van der Waals surface area contributed by atoms with Gasteiger partial charge in [0.15, 0.2) is 5.60 Å². The number of rotatable bonds is 4. The van der Waals surface area contributed by atoms with E-state index in [2.05, 4.69) is 0 Å². The number of carbonyl (C=O) groups is 2. The quantitative estimate of drug-likeness (QED) is 0.656. The monoisotopic (exact) mass is 274 g/mol.